The van der Waals surface area contributed by atoms with Crippen molar-refractivity contribution in [2.45, 2.75) is 32.9 Å². The Hall–Kier alpha value is -0.620. The fourth-order valence-corrected chi connectivity index (χ4v) is 3.08. The molecule has 0 aromatic carbocycles. The van der Waals surface area contributed by atoms with E-state index in [1.54, 1.807) is 11.3 Å². The Balaban J connectivity index is 0.00000180. The van der Waals surface area contributed by atoms with E-state index in [9.17, 15) is 4.79 Å². The predicted molar refractivity (Wildman–Crippen MR) is 80.4 cm³/mol. The molecule has 0 saturated heterocycles. The standard InChI is InChI=1S/C13H20N2O2S.ClH/c1-3-14-9(2)7-15-13(16)12-6-10-8-17-5-4-11(10)18-12;/h6,9,14H,3-5,7-8H2,1-2H3,(H,15,16);1H/t9-;/m1./s1. The van der Waals surface area contributed by atoms with E-state index in [0.29, 0.717) is 19.2 Å². The van der Waals surface area contributed by atoms with Gasteiger partial charge in [0, 0.05) is 23.9 Å². The third-order valence-corrected chi connectivity index (χ3v) is 4.21. The van der Waals surface area contributed by atoms with Crippen LogP contribution in [0, 0.1) is 0 Å². The topological polar surface area (TPSA) is 50.4 Å². The van der Waals surface area contributed by atoms with Crippen molar-refractivity contribution in [1.82, 2.24) is 10.6 Å². The summed E-state index contributed by atoms with van der Waals surface area (Å²) in [5.74, 6) is 0.0270. The van der Waals surface area contributed by atoms with Crippen LogP contribution in [0.25, 0.3) is 0 Å². The second-order valence-electron chi connectivity index (χ2n) is 4.53. The van der Waals surface area contributed by atoms with Crippen molar-refractivity contribution >= 4 is 29.7 Å². The molecule has 2 N–H and O–H groups in total. The molecule has 2 heterocycles. The highest BCUT2D eigenvalue weighted by Gasteiger charge is 2.17. The van der Waals surface area contributed by atoms with Crippen LogP contribution < -0.4 is 10.6 Å². The summed E-state index contributed by atoms with van der Waals surface area (Å²) >= 11 is 1.60. The van der Waals surface area contributed by atoms with Crippen molar-refractivity contribution in [3.8, 4) is 0 Å². The van der Waals surface area contributed by atoms with Gasteiger partial charge < -0.3 is 15.4 Å². The molecule has 6 heteroatoms. The largest absolute Gasteiger partial charge is 0.376 e. The van der Waals surface area contributed by atoms with Crippen molar-refractivity contribution in [1.29, 1.82) is 0 Å². The van der Waals surface area contributed by atoms with Crippen molar-refractivity contribution in [3.05, 3.63) is 21.4 Å². The van der Waals surface area contributed by atoms with Crippen LogP contribution in [-0.4, -0.2) is 31.6 Å². The minimum atomic E-state index is 0. The first kappa shape index (κ1) is 16.4. The molecular weight excluding hydrogens is 284 g/mol. The molecule has 0 unspecified atom stereocenters. The van der Waals surface area contributed by atoms with Gasteiger partial charge in [0.15, 0.2) is 0 Å². The maximum Gasteiger partial charge on any atom is 0.261 e. The molecule has 0 radical (unpaired) electrons. The summed E-state index contributed by atoms with van der Waals surface area (Å²) in [6, 6.07) is 2.27. The summed E-state index contributed by atoms with van der Waals surface area (Å²) in [5.41, 5.74) is 1.18. The number of likely N-dealkylation sites (N-methyl/N-ethyl adjacent to an activating group) is 1. The van der Waals surface area contributed by atoms with Crippen LogP contribution in [0.1, 0.15) is 34.0 Å². The van der Waals surface area contributed by atoms with Crippen molar-refractivity contribution < 1.29 is 9.53 Å². The number of rotatable bonds is 5. The van der Waals surface area contributed by atoms with E-state index >= 15 is 0 Å². The van der Waals surface area contributed by atoms with Gasteiger partial charge in [-0.15, -0.1) is 23.7 Å². The lowest BCUT2D eigenvalue weighted by atomic mass is 10.2. The number of amides is 1. The quantitative estimate of drug-likeness (QED) is 0.874. The van der Waals surface area contributed by atoms with Crippen LogP contribution in [0.4, 0.5) is 0 Å². The number of carbonyl (C=O) groups is 1. The first-order chi connectivity index (χ1) is 8.70. The lowest BCUT2D eigenvalue weighted by Crippen LogP contribution is -2.38. The first-order valence-corrected chi connectivity index (χ1v) is 7.23. The summed E-state index contributed by atoms with van der Waals surface area (Å²) in [6.07, 6.45) is 0.932. The molecule has 1 aliphatic heterocycles. The Morgan fingerprint density at radius 2 is 2.37 bits per heavy atom. The highest BCUT2D eigenvalue weighted by atomic mass is 35.5. The Kier molecular flexibility index (Phi) is 6.79. The number of hydrogen-bond donors (Lipinski definition) is 2. The fraction of sp³-hybridized carbons (Fsp3) is 0.615. The summed E-state index contributed by atoms with van der Waals surface area (Å²) in [5, 5.41) is 6.23. The van der Waals surface area contributed by atoms with Gasteiger partial charge in [0.2, 0.25) is 0 Å². The molecule has 108 valence electrons. The third kappa shape index (κ3) is 4.45. The SMILES string of the molecule is CCN[C@H](C)CNC(=O)c1cc2c(s1)CCOC2.Cl. The number of hydrogen-bond acceptors (Lipinski definition) is 4. The molecule has 4 nitrogen and oxygen atoms in total. The van der Waals surface area contributed by atoms with Gasteiger partial charge >= 0.3 is 0 Å². The van der Waals surface area contributed by atoms with Crippen LogP contribution >= 0.6 is 23.7 Å². The van der Waals surface area contributed by atoms with Gasteiger partial charge in [-0.2, -0.15) is 0 Å². The Labute approximate surface area is 124 Å². The number of ether oxygens (including phenoxy) is 1. The lowest BCUT2D eigenvalue weighted by molar-refractivity contribution is 0.0953. The van der Waals surface area contributed by atoms with Gasteiger partial charge in [0.1, 0.15) is 0 Å². The second kappa shape index (κ2) is 7.85. The molecule has 1 aliphatic rings. The van der Waals surface area contributed by atoms with Gasteiger partial charge in [-0.3, -0.25) is 4.79 Å². The molecule has 1 aromatic heterocycles. The van der Waals surface area contributed by atoms with E-state index in [1.807, 2.05) is 6.07 Å². The number of fused-ring (bicyclic) bond motifs is 1. The number of thiophene rings is 1. The summed E-state index contributed by atoms with van der Waals surface area (Å²) < 4.78 is 5.38. The first-order valence-electron chi connectivity index (χ1n) is 6.41. The monoisotopic (exact) mass is 304 g/mol. The Morgan fingerprint density at radius 3 is 3.05 bits per heavy atom. The molecule has 0 saturated carbocycles. The van der Waals surface area contributed by atoms with E-state index in [2.05, 4.69) is 24.5 Å². The smallest absolute Gasteiger partial charge is 0.261 e. The third-order valence-electron chi connectivity index (χ3n) is 2.97. The van der Waals surface area contributed by atoms with E-state index in [1.165, 1.54) is 10.4 Å². The van der Waals surface area contributed by atoms with Gasteiger partial charge in [0.25, 0.3) is 5.91 Å². The molecule has 2 rings (SSSR count). The minimum absolute atomic E-state index is 0. The summed E-state index contributed by atoms with van der Waals surface area (Å²) in [6.45, 7) is 7.12. The van der Waals surface area contributed by atoms with Gasteiger partial charge in [-0.1, -0.05) is 6.92 Å². The van der Waals surface area contributed by atoms with Crippen LogP contribution in [-0.2, 0) is 17.8 Å². The maximum atomic E-state index is 12.0. The average molecular weight is 305 g/mol. The minimum Gasteiger partial charge on any atom is -0.376 e. The highest BCUT2D eigenvalue weighted by Crippen LogP contribution is 2.26. The fourth-order valence-electron chi connectivity index (χ4n) is 2.01. The molecule has 1 aromatic rings. The van der Waals surface area contributed by atoms with Crippen LogP contribution in [0.3, 0.4) is 0 Å². The van der Waals surface area contributed by atoms with Gasteiger partial charge in [-0.25, -0.2) is 0 Å². The molecule has 0 bridgehead atoms. The zero-order valence-electron chi connectivity index (χ0n) is 11.3. The molecule has 0 fully saturated rings. The van der Waals surface area contributed by atoms with Crippen LogP contribution in [0.2, 0.25) is 0 Å². The molecule has 1 atom stereocenters. The maximum absolute atomic E-state index is 12.0. The van der Waals surface area contributed by atoms with Crippen LogP contribution in [0.15, 0.2) is 6.07 Å². The van der Waals surface area contributed by atoms with Crippen molar-refractivity contribution in [2.75, 3.05) is 19.7 Å². The Bertz CT molecular complexity index is 399. The van der Waals surface area contributed by atoms with Crippen molar-refractivity contribution in [3.63, 3.8) is 0 Å². The molecular formula is C13H21ClN2O2S. The highest BCUT2D eigenvalue weighted by molar-refractivity contribution is 7.14. The predicted octanol–water partition coefficient (Wildman–Crippen LogP) is 1.97. The Morgan fingerprint density at radius 1 is 1.58 bits per heavy atom. The van der Waals surface area contributed by atoms with E-state index in [-0.39, 0.29) is 18.3 Å². The summed E-state index contributed by atoms with van der Waals surface area (Å²) in [7, 11) is 0. The lowest BCUT2D eigenvalue weighted by Gasteiger charge is -2.12. The number of carbonyl (C=O) groups excluding carboxylic acids is 1. The second-order valence-corrected chi connectivity index (χ2v) is 5.67. The average Bonchev–Trinajstić information content (AvgIpc) is 2.80. The van der Waals surface area contributed by atoms with Crippen LogP contribution in [0.5, 0.6) is 0 Å². The van der Waals surface area contributed by atoms with E-state index in [4.69, 9.17) is 4.74 Å². The van der Waals surface area contributed by atoms with E-state index in [0.717, 1.165) is 24.4 Å². The molecule has 0 spiro atoms. The normalized spacial score (nSPS) is 15.3. The number of halogens is 1. The van der Waals surface area contributed by atoms with E-state index < -0.39 is 0 Å². The molecule has 0 aliphatic carbocycles. The van der Waals surface area contributed by atoms with Gasteiger partial charge in [0.05, 0.1) is 18.1 Å². The zero-order valence-corrected chi connectivity index (χ0v) is 13.0. The summed E-state index contributed by atoms with van der Waals surface area (Å²) in [4.78, 5) is 14.1. The van der Waals surface area contributed by atoms with Gasteiger partial charge in [-0.05, 0) is 25.1 Å². The zero-order chi connectivity index (χ0) is 13.0. The number of nitrogens with one attached hydrogen (secondary N) is 2. The molecule has 19 heavy (non-hydrogen) atoms. The van der Waals surface area contributed by atoms with Crippen molar-refractivity contribution in [2.24, 2.45) is 0 Å². The molecule has 1 amide bonds.